The molecule has 1 atom stereocenters. The fourth-order valence-corrected chi connectivity index (χ4v) is 3.71. The van der Waals surface area contributed by atoms with Crippen LogP contribution >= 0.6 is 0 Å². The summed E-state index contributed by atoms with van der Waals surface area (Å²) < 4.78 is 11.0. The highest BCUT2D eigenvalue weighted by molar-refractivity contribution is 5.94. The van der Waals surface area contributed by atoms with Crippen LogP contribution in [0.2, 0.25) is 0 Å². The van der Waals surface area contributed by atoms with Gasteiger partial charge in [-0.15, -0.1) is 0 Å². The maximum Gasteiger partial charge on any atom is 0.161 e. The first kappa shape index (κ1) is 21.7. The van der Waals surface area contributed by atoms with Gasteiger partial charge in [-0.25, -0.2) is 0 Å². The lowest BCUT2D eigenvalue weighted by molar-refractivity contribution is 0.0783. The van der Waals surface area contributed by atoms with Crippen molar-refractivity contribution < 1.29 is 19.4 Å². The van der Waals surface area contributed by atoms with E-state index in [4.69, 9.17) is 9.47 Å². The van der Waals surface area contributed by atoms with Crippen molar-refractivity contribution in [3.05, 3.63) is 23.8 Å². The van der Waals surface area contributed by atoms with E-state index in [1.165, 1.54) is 46.1 Å². The van der Waals surface area contributed by atoms with E-state index in [-0.39, 0.29) is 17.9 Å². The van der Waals surface area contributed by atoms with Crippen molar-refractivity contribution in [3.63, 3.8) is 0 Å². The topological polar surface area (TPSA) is 71.0 Å². The normalized spacial score (nSPS) is 17.6. The summed E-state index contributed by atoms with van der Waals surface area (Å²) in [5.41, 5.74) is 0.757. The Morgan fingerprint density at radius 1 is 1.26 bits per heavy atom. The zero-order valence-corrected chi connectivity index (χ0v) is 17.1. The van der Waals surface area contributed by atoms with Gasteiger partial charge >= 0.3 is 0 Å². The van der Waals surface area contributed by atoms with Gasteiger partial charge in [-0.2, -0.15) is 0 Å². The van der Waals surface area contributed by atoms with Crippen LogP contribution < -0.4 is 14.8 Å². The molecule has 6 nitrogen and oxygen atoms in total. The Bertz CT molecular complexity index is 612. The summed E-state index contributed by atoms with van der Waals surface area (Å²) in [5.74, 6) is 0.997. The predicted molar refractivity (Wildman–Crippen MR) is 107 cm³/mol. The number of ketones is 1. The number of aliphatic hydroxyl groups excluding tert-OH is 1. The molecule has 0 heterocycles. The number of Topliss-reactive ketones (excluding diaryl/α,β-unsaturated/α-hetero) is 1. The van der Waals surface area contributed by atoms with Crippen molar-refractivity contribution >= 4 is 5.78 Å². The first-order valence-electron chi connectivity index (χ1n) is 9.76. The average molecular weight is 379 g/mol. The highest BCUT2D eigenvalue weighted by Gasteiger charge is 2.33. The molecule has 1 aliphatic rings. The summed E-state index contributed by atoms with van der Waals surface area (Å²) in [6.45, 7) is 3.02. The fourth-order valence-electron chi connectivity index (χ4n) is 3.71. The van der Waals surface area contributed by atoms with Gasteiger partial charge in [0.15, 0.2) is 17.3 Å². The minimum Gasteiger partial charge on any atom is -0.493 e. The van der Waals surface area contributed by atoms with Gasteiger partial charge in [-0.1, -0.05) is 19.3 Å². The second-order valence-electron chi connectivity index (χ2n) is 7.70. The van der Waals surface area contributed by atoms with Gasteiger partial charge in [0.2, 0.25) is 0 Å². The molecule has 152 valence electrons. The number of aliphatic hydroxyl groups is 1. The standard InChI is InChI=1S/C21H34N2O4/c1-16(24)17-8-9-19(20(12-17)26-4)27-14-18(25)13-22-15-21(23(2)3)10-6-5-7-11-21/h8-9,12,18,22,25H,5-7,10-11,13-15H2,1-4H3/t18-/m1/s1. The number of nitrogens with one attached hydrogen (secondary N) is 1. The van der Waals surface area contributed by atoms with Crippen LogP contribution in [0.25, 0.3) is 0 Å². The summed E-state index contributed by atoms with van der Waals surface area (Å²) in [4.78, 5) is 13.8. The lowest BCUT2D eigenvalue weighted by Gasteiger charge is -2.43. The van der Waals surface area contributed by atoms with Crippen LogP contribution in [-0.4, -0.2) is 68.3 Å². The molecule has 1 aromatic carbocycles. The highest BCUT2D eigenvalue weighted by atomic mass is 16.5. The molecular formula is C21H34N2O4. The number of hydrogen-bond acceptors (Lipinski definition) is 6. The Hall–Kier alpha value is -1.63. The molecule has 1 aliphatic carbocycles. The lowest BCUT2D eigenvalue weighted by atomic mass is 9.80. The molecule has 0 aromatic heterocycles. The maximum atomic E-state index is 11.5. The van der Waals surface area contributed by atoms with Gasteiger partial charge in [0.05, 0.1) is 7.11 Å². The van der Waals surface area contributed by atoms with Gasteiger partial charge in [0, 0.05) is 24.2 Å². The Morgan fingerprint density at radius 3 is 2.56 bits per heavy atom. The van der Waals surface area contributed by atoms with Gasteiger partial charge in [0.1, 0.15) is 12.7 Å². The minimum absolute atomic E-state index is 0.0263. The molecule has 0 amide bonds. The van der Waals surface area contributed by atoms with E-state index in [2.05, 4.69) is 24.3 Å². The molecule has 2 rings (SSSR count). The van der Waals surface area contributed by atoms with Crippen LogP contribution in [0.4, 0.5) is 0 Å². The molecule has 0 saturated heterocycles. The fraction of sp³-hybridized carbons (Fsp3) is 0.667. The molecule has 1 saturated carbocycles. The number of hydrogen-bond donors (Lipinski definition) is 2. The zero-order valence-electron chi connectivity index (χ0n) is 17.1. The summed E-state index contributed by atoms with van der Waals surface area (Å²) in [6, 6.07) is 5.07. The molecule has 6 heteroatoms. The molecule has 27 heavy (non-hydrogen) atoms. The van der Waals surface area contributed by atoms with Crippen molar-refractivity contribution in [2.24, 2.45) is 0 Å². The summed E-state index contributed by atoms with van der Waals surface area (Å²) in [6.07, 6.45) is 5.61. The number of carbonyl (C=O) groups is 1. The number of likely N-dealkylation sites (N-methyl/N-ethyl adjacent to an activating group) is 1. The van der Waals surface area contributed by atoms with Crippen LogP contribution in [0.3, 0.4) is 0 Å². The van der Waals surface area contributed by atoms with Crippen molar-refractivity contribution in [3.8, 4) is 11.5 Å². The molecule has 0 bridgehead atoms. The second kappa shape index (κ2) is 10.1. The van der Waals surface area contributed by atoms with E-state index in [1.54, 1.807) is 18.2 Å². The molecule has 1 aromatic rings. The molecule has 0 unspecified atom stereocenters. The molecule has 2 N–H and O–H groups in total. The Kier molecular flexibility index (Phi) is 8.07. The maximum absolute atomic E-state index is 11.5. The number of rotatable bonds is 10. The first-order chi connectivity index (χ1) is 12.9. The molecule has 0 aliphatic heterocycles. The predicted octanol–water partition coefficient (Wildman–Crippen LogP) is 2.49. The lowest BCUT2D eigenvalue weighted by Crippen LogP contribution is -2.53. The van der Waals surface area contributed by atoms with Crippen molar-refractivity contribution in [2.45, 2.75) is 50.7 Å². The quantitative estimate of drug-likeness (QED) is 0.610. The summed E-state index contributed by atoms with van der Waals surface area (Å²) >= 11 is 0. The SMILES string of the molecule is COc1cc(C(C)=O)ccc1OC[C@H](O)CNCC1(N(C)C)CCCCC1. The molecule has 0 radical (unpaired) electrons. The summed E-state index contributed by atoms with van der Waals surface area (Å²) in [7, 11) is 5.82. The van der Waals surface area contributed by atoms with Gasteiger partial charge < -0.3 is 24.8 Å². The smallest absolute Gasteiger partial charge is 0.161 e. The van der Waals surface area contributed by atoms with Crippen LogP contribution in [0.15, 0.2) is 18.2 Å². The number of carbonyl (C=O) groups excluding carboxylic acids is 1. The highest BCUT2D eigenvalue weighted by Crippen LogP contribution is 2.31. The van der Waals surface area contributed by atoms with E-state index in [0.29, 0.717) is 23.6 Å². The second-order valence-corrected chi connectivity index (χ2v) is 7.70. The van der Waals surface area contributed by atoms with Crippen LogP contribution in [0.5, 0.6) is 11.5 Å². The third kappa shape index (κ3) is 5.92. The van der Waals surface area contributed by atoms with E-state index in [0.717, 1.165) is 6.54 Å². The number of ether oxygens (including phenoxy) is 2. The van der Waals surface area contributed by atoms with E-state index in [1.807, 2.05) is 0 Å². The van der Waals surface area contributed by atoms with Crippen molar-refractivity contribution in [1.29, 1.82) is 0 Å². The first-order valence-corrected chi connectivity index (χ1v) is 9.76. The number of methoxy groups -OCH3 is 1. The molecular weight excluding hydrogens is 344 g/mol. The minimum atomic E-state index is -0.620. The Morgan fingerprint density at radius 2 is 1.96 bits per heavy atom. The third-order valence-electron chi connectivity index (χ3n) is 5.57. The molecule has 0 spiro atoms. The van der Waals surface area contributed by atoms with Crippen molar-refractivity contribution in [2.75, 3.05) is 40.9 Å². The average Bonchev–Trinajstić information content (AvgIpc) is 2.66. The van der Waals surface area contributed by atoms with Crippen LogP contribution in [0.1, 0.15) is 49.4 Å². The Labute approximate surface area is 162 Å². The largest absolute Gasteiger partial charge is 0.493 e. The van der Waals surface area contributed by atoms with Crippen LogP contribution in [-0.2, 0) is 0 Å². The number of nitrogens with zero attached hydrogens (tertiary/aromatic N) is 1. The van der Waals surface area contributed by atoms with Gasteiger partial charge in [-0.3, -0.25) is 4.79 Å². The Balaban J connectivity index is 1.82. The van der Waals surface area contributed by atoms with Gasteiger partial charge in [-0.05, 0) is 52.1 Å². The van der Waals surface area contributed by atoms with E-state index < -0.39 is 6.10 Å². The summed E-state index contributed by atoms with van der Waals surface area (Å²) in [5, 5.41) is 13.7. The van der Waals surface area contributed by atoms with E-state index >= 15 is 0 Å². The molecule has 1 fully saturated rings. The number of benzene rings is 1. The monoisotopic (exact) mass is 378 g/mol. The zero-order chi connectivity index (χ0) is 19.9. The van der Waals surface area contributed by atoms with Crippen LogP contribution in [0, 0.1) is 0 Å². The van der Waals surface area contributed by atoms with E-state index in [9.17, 15) is 9.90 Å². The third-order valence-corrected chi connectivity index (χ3v) is 5.57. The van der Waals surface area contributed by atoms with Gasteiger partial charge in [0.25, 0.3) is 0 Å². The van der Waals surface area contributed by atoms with Crippen molar-refractivity contribution in [1.82, 2.24) is 10.2 Å².